The molecule has 68 valence electrons. The molecule has 5 N–H and O–H groups in total. The van der Waals surface area contributed by atoms with Crippen molar-refractivity contribution >= 4 is 5.69 Å². The van der Waals surface area contributed by atoms with Crippen LogP contribution in [0.15, 0.2) is 18.2 Å². The van der Waals surface area contributed by atoms with E-state index in [-0.39, 0.29) is 5.75 Å². The van der Waals surface area contributed by atoms with Gasteiger partial charge in [-0.05, 0) is 18.2 Å². The molecule has 0 unspecified atom stereocenters. The first-order chi connectivity index (χ1) is 5.74. The van der Waals surface area contributed by atoms with Crippen LogP contribution < -0.4 is 11.5 Å². The Morgan fingerprint density at radius 2 is 1.92 bits per heavy atom. The standard InChI is InChI=1S/C7H10N2O.C2H6/c8-4-5-3-6(9)1-2-7(5)10;1-2/h1-3,10H,4,8-9H2;1-2H3. The number of nitrogen functional groups attached to an aromatic ring is 1. The van der Waals surface area contributed by atoms with Crippen molar-refractivity contribution in [3.63, 3.8) is 0 Å². The van der Waals surface area contributed by atoms with Crippen LogP contribution in [-0.4, -0.2) is 5.11 Å². The molecule has 0 amide bonds. The van der Waals surface area contributed by atoms with Crippen LogP contribution in [0.5, 0.6) is 5.75 Å². The molecule has 0 fully saturated rings. The Hall–Kier alpha value is -1.22. The van der Waals surface area contributed by atoms with Crippen molar-refractivity contribution in [1.82, 2.24) is 0 Å². The Labute approximate surface area is 73.0 Å². The van der Waals surface area contributed by atoms with Gasteiger partial charge in [-0.2, -0.15) is 0 Å². The third kappa shape index (κ3) is 2.80. The van der Waals surface area contributed by atoms with E-state index in [1.807, 2.05) is 13.8 Å². The number of phenolic OH excluding ortho intramolecular Hbond substituents is 1. The van der Waals surface area contributed by atoms with E-state index < -0.39 is 0 Å². The second-order valence-electron chi connectivity index (χ2n) is 2.09. The molecule has 0 atom stereocenters. The molecule has 0 aliphatic rings. The fraction of sp³-hybridized carbons (Fsp3) is 0.333. The van der Waals surface area contributed by atoms with E-state index in [2.05, 4.69) is 0 Å². The minimum Gasteiger partial charge on any atom is -0.508 e. The van der Waals surface area contributed by atoms with Crippen molar-refractivity contribution in [2.45, 2.75) is 20.4 Å². The zero-order valence-corrected chi connectivity index (χ0v) is 7.54. The molecule has 3 heteroatoms. The van der Waals surface area contributed by atoms with Gasteiger partial charge < -0.3 is 16.6 Å². The molecule has 0 spiro atoms. The molecule has 0 aliphatic carbocycles. The van der Waals surface area contributed by atoms with Gasteiger partial charge in [0.1, 0.15) is 5.75 Å². The van der Waals surface area contributed by atoms with Crippen LogP contribution in [0.1, 0.15) is 19.4 Å². The van der Waals surface area contributed by atoms with Crippen molar-refractivity contribution in [2.75, 3.05) is 5.73 Å². The first kappa shape index (κ1) is 10.8. The van der Waals surface area contributed by atoms with Crippen molar-refractivity contribution in [3.05, 3.63) is 23.8 Å². The van der Waals surface area contributed by atoms with Crippen molar-refractivity contribution < 1.29 is 5.11 Å². The van der Waals surface area contributed by atoms with E-state index in [0.29, 0.717) is 17.8 Å². The van der Waals surface area contributed by atoms with E-state index in [4.69, 9.17) is 16.6 Å². The molecule has 0 saturated carbocycles. The third-order valence-corrected chi connectivity index (χ3v) is 1.32. The minimum absolute atomic E-state index is 0.205. The Kier molecular flexibility index (Phi) is 4.88. The lowest BCUT2D eigenvalue weighted by atomic mass is 10.2. The topological polar surface area (TPSA) is 72.3 Å². The summed E-state index contributed by atoms with van der Waals surface area (Å²) < 4.78 is 0. The first-order valence-corrected chi connectivity index (χ1v) is 4.01. The molecule has 0 bridgehead atoms. The van der Waals surface area contributed by atoms with E-state index in [1.54, 1.807) is 12.1 Å². The molecule has 1 rings (SSSR count). The lowest BCUT2D eigenvalue weighted by molar-refractivity contribution is 0.468. The maximum Gasteiger partial charge on any atom is 0.120 e. The Bertz CT molecular complexity index is 236. The van der Waals surface area contributed by atoms with Crippen molar-refractivity contribution in [3.8, 4) is 5.75 Å². The normalized spacial score (nSPS) is 8.58. The second-order valence-corrected chi connectivity index (χ2v) is 2.09. The van der Waals surface area contributed by atoms with Crippen LogP contribution in [0.2, 0.25) is 0 Å². The number of benzene rings is 1. The average Bonchev–Trinajstić information content (AvgIpc) is 2.13. The molecular formula is C9H16N2O. The predicted octanol–water partition coefficient (Wildman–Crippen LogP) is 1.46. The molecule has 0 heterocycles. The molecule has 12 heavy (non-hydrogen) atoms. The Morgan fingerprint density at radius 1 is 1.33 bits per heavy atom. The maximum atomic E-state index is 9.10. The molecule has 0 aromatic heterocycles. The fourth-order valence-electron chi connectivity index (χ4n) is 0.769. The number of phenols is 1. The zero-order chi connectivity index (χ0) is 9.56. The van der Waals surface area contributed by atoms with Gasteiger partial charge in [0.05, 0.1) is 0 Å². The van der Waals surface area contributed by atoms with Gasteiger partial charge in [0.25, 0.3) is 0 Å². The highest BCUT2D eigenvalue weighted by Crippen LogP contribution is 2.18. The van der Waals surface area contributed by atoms with E-state index >= 15 is 0 Å². The minimum atomic E-state index is 0.205. The third-order valence-electron chi connectivity index (χ3n) is 1.32. The quantitative estimate of drug-likeness (QED) is 0.439. The van der Waals surface area contributed by atoms with E-state index in [9.17, 15) is 0 Å². The van der Waals surface area contributed by atoms with Gasteiger partial charge in [0.15, 0.2) is 0 Å². The van der Waals surface area contributed by atoms with Crippen molar-refractivity contribution in [2.24, 2.45) is 5.73 Å². The summed E-state index contributed by atoms with van der Waals surface area (Å²) in [5, 5.41) is 9.10. The summed E-state index contributed by atoms with van der Waals surface area (Å²) in [7, 11) is 0. The Morgan fingerprint density at radius 3 is 2.33 bits per heavy atom. The van der Waals surface area contributed by atoms with Crippen LogP contribution in [0.25, 0.3) is 0 Å². The number of aromatic hydroxyl groups is 1. The van der Waals surface area contributed by atoms with Gasteiger partial charge in [0.2, 0.25) is 0 Å². The summed E-state index contributed by atoms with van der Waals surface area (Å²) in [5.41, 5.74) is 12.0. The summed E-state index contributed by atoms with van der Waals surface area (Å²) in [6.07, 6.45) is 0. The van der Waals surface area contributed by atoms with Crippen LogP contribution in [0, 0.1) is 0 Å². The second kappa shape index (κ2) is 5.43. The van der Waals surface area contributed by atoms with Gasteiger partial charge in [-0.3, -0.25) is 0 Å². The van der Waals surface area contributed by atoms with E-state index in [0.717, 1.165) is 0 Å². The van der Waals surface area contributed by atoms with Crippen LogP contribution >= 0.6 is 0 Å². The lowest BCUT2D eigenvalue weighted by Crippen LogP contribution is -1.97. The Balaban J connectivity index is 0.000000561. The SMILES string of the molecule is CC.NCc1cc(N)ccc1O. The molecule has 0 aliphatic heterocycles. The first-order valence-electron chi connectivity index (χ1n) is 4.01. The molecule has 0 saturated heterocycles. The smallest absolute Gasteiger partial charge is 0.120 e. The molecular weight excluding hydrogens is 152 g/mol. The number of hydrogen-bond acceptors (Lipinski definition) is 3. The molecule has 0 radical (unpaired) electrons. The van der Waals surface area contributed by atoms with Crippen LogP contribution in [0.3, 0.4) is 0 Å². The maximum absolute atomic E-state index is 9.10. The summed E-state index contributed by atoms with van der Waals surface area (Å²) >= 11 is 0. The highest BCUT2D eigenvalue weighted by Gasteiger charge is 1.96. The van der Waals surface area contributed by atoms with Gasteiger partial charge in [-0.25, -0.2) is 0 Å². The summed E-state index contributed by atoms with van der Waals surface area (Å²) in [6.45, 7) is 4.32. The van der Waals surface area contributed by atoms with Crippen molar-refractivity contribution in [1.29, 1.82) is 0 Å². The highest BCUT2D eigenvalue weighted by molar-refractivity contribution is 5.47. The lowest BCUT2D eigenvalue weighted by Gasteiger charge is -2.00. The largest absolute Gasteiger partial charge is 0.508 e. The molecule has 1 aromatic rings. The summed E-state index contributed by atoms with van der Waals surface area (Å²) in [6, 6.07) is 4.83. The predicted molar refractivity (Wildman–Crippen MR) is 51.8 cm³/mol. The number of nitrogens with two attached hydrogens (primary N) is 2. The monoisotopic (exact) mass is 168 g/mol. The van der Waals surface area contributed by atoms with Crippen LogP contribution in [0.4, 0.5) is 5.69 Å². The summed E-state index contributed by atoms with van der Waals surface area (Å²) in [4.78, 5) is 0. The highest BCUT2D eigenvalue weighted by atomic mass is 16.3. The molecule has 1 aromatic carbocycles. The number of rotatable bonds is 1. The fourth-order valence-corrected chi connectivity index (χ4v) is 0.769. The van der Waals surface area contributed by atoms with Gasteiger partial charge in [-0.15, -0.1) is 0 Å². The van der Waals surface area contributed by atoms with Gasteiger partial charge >= 0.3 is 0 Å². The number of hydrogen-bond donors (Lipinski definition) is 3. The molecule has 3 nitrogen and oxygen atoms in total. The van der Waals surface area contributed by atoms with Gasteiger partial charge in [-0.1, -0.05) is 13.8 Å². The van der Waals surface area contributed by atoms with Gasteiger partial charge in [0, 0.05) is 17.8 Å². The van der Waals surface area contributed by atoms with Crippen LogP contribution in [-0.2, 0) is 6.54 Å². The summed E-state index contributed by atoms with van der Waals surface area (Å²) in [5.74, 6) is 0.205. The van der Waals surface area contributed by atoms with E-state index in [1.165, 1.54) is 6.07 Å². The average molecular weight is 168 g/mol. The zero-order valence-electron chi connectivity index (χ0n) is 7.54. The number of anilines is 1.